The molecule has 16 rings (SSSR count). The highest BCUT2D eigenvalue weighted by atomic mass is 16.5. The quantitative estimate of drug-likeness (QED) is 0.161. The van der Waals surface area contributed by atoms with E-state index in [0.29, 0.717) is 0 Å². The maximum Gasteiger partial charge on any atom is 0.256 e. The van der Waals surface area contributed by atoms with Crippen molar-refractivity contribution in [1.29, 1.82) is 0 Å². The van der Waals surface area contributed by atoms with Crippen LogP contribution in [0.25, 0.3) is 105 Å². The van der Waals surface area contributed by atoms with Crippen LogP contribution in [0, 0.1) is 0 Å². The standard InChI is InChI=1S/C66H39BN2O3/c1-2-12-40(13-3-1)41-22-28-46(29-23-41)68-58-36-44(42-26-32-62-52(34-42)50-16-6-10-20-60(50)70-62)24-30-54(58)67-55-31-25-45(43-27-33-63-53(35-43)51-17-7-11-21-61(51)71-63)37-64(55)72-65-39-47(38-59(68)66(65)67)69-56-18-8-4-14-48(56)49-15-5-9-19-57(49)69/h1-39H. The van der Waals surface area contributed by atoms with Crippen LogP contribution < -0.4 is 26.0 Å². The summed E-state index contributed by atoms with van der Waals surface area (Å²) in [5, 5.41) is 6.85. The Hall–Kier alpha value is -9.52. The average molecular weight is 919 g/mol. The van der Waals surface area contributed by atoms with Crippen LogP contribution in [0.3, 0.4) is 0 Å². The molecule has 0 spiro atoms. The number of hydrogen-bond donors (Lipinski definition) is 0. The Bertz CT molecular complexity index is 4510. The van der Waals surface area contributed by atoms with Gasteiger partial charge in [0.2, 0.25) is 0 Å². The van der Waals surface area contributed by atoms with Crippen LogP contribution in [0.4, 0.5) is 17.1 Å². The molecule has 0 fully saturated rings. The highest BCUT2D eigenvalue weighted by Crippen LogP contribution is 2.46. The molecule has 0 N–H and O–H groups in total. The van der Waals surface area contributed by atoms with Crippen molar-refractivity contribution >= 4 is 106 Å². The van der Waals surface area contributed by atoms with E-state index < -0.39 is 0 Å². The lowest BCUT2D eigenvalue weighted by Crippen LogP contribution is -2.59. The zero-order valence-electron chi connectivity index (χ0n) is 38.7. The van der Waals surface area contributed by atoms with E-state index in [0.717, 1.165) is 128 Å². The second-order valence-electron chi connectivity index (χ2n) is 19.2. The first kappa shape index (κ1) is 39.3. The molecule has 0 saturated heterocycles. The minimum Gasteiger partial charge on any atom is -0.458 e. The Balaban J connectivity index is 0.946. The highest BCUT2D eigenvalue weighted by Gasteiger charge is 2.43. The highest BCUT2D eigenvalue weighted by molar-refractivity contribution is 6.99. The van der Waals surface area contributed by atoms with Crippen LogP contribution in [-0.2, 0) is 0 Å². The lowest BCUT2D eigenvalue weighted by atomic mass is 9.34. The Kier molecular flexibility index (Phi) is 8.19. The van der Waals surface area contributed by atoms with E-state index in [1.165, 1.54) is 21.8 Å². The number of hydrogen-bond acceptors (Lipinski definition) is 4. The Morgan fingerprint density at radius 3 is 1.46 bits per heavy atom. The number of nitrogens with zero attached hydrogens (tertiary/aromatic N) is 2. The smallest absolute Gasteiger partial charge is 0.256 e. The van der Waals surface area contributed by atoms with Gasteiger partial charge in [0.1, 0.15) is 33.8 Å². The van der Waals surface area contributed by atoms with Gasteiger partial charge in [0, 0.05) is 55.4 Å². The molecule has 11 aromatic carbocycles. The summed E-state index contributed by atoms with van der Waals surface area (Å²) in [5.74, 6) is 1.69. The summed E-state index contributed by atoms with van der Waals surface area (Å²) < 4.78 is 22.3. The first-order valence-electron chi connectivity index (χ1n) is 24.6. The van der Waals surface area contributed by atoms with Gasteiger partial charge in [-0.05, 0) is 129 Å². The van der Waals surface area contributed by atoms with Crippen molar-refractivity contribution < 1.29 is 13.6 Å². The van der Waals surface area contributed by atoms with Crippen LogP contribution in [-0.4, -0.2) is 11.3 Å². The SMILES string of the molecule is c1ccc(-c2ccc(N3c4cc(-c5ccc6oc7ccccc7c6c5)ccc4B4c5ccc(-c6ccc7oc8ccccc8c7c6)cc5Oc5cc(-n6c7ccccc7c7ccccc76)cc3c54)cc2)cc1. The molecule has 3 aromatic heterocycles. The number of anilines is 3. The van der Waals surface area contributed by atoms with E-state index in [1.54, 1.807) is 0 Å². The van der Waals surface area contributed by atoms with Crippen molar-refractivity contribution in [3.63, 3.8) is 0 Å². The van der Waals surface area contributed by atoms with E-state index in [9.17, 15) is 0 Å². The molecule has 14 aromatic rings. The molecular weight excluding hydrogens is 880 g/mol. The predicted molar refractivity (Wildman–Crippen MR) is 298 cm³/mol. The Labute approximate surface area is 414 Å². The normalized spacial score (nSPS) is 12.8. The average Bonchev–Trinajstić information content (AvgIpc) is 4.12. The van der Waals surface area contributed by atoms with E-state index in [2.05, 4.69) is 222 Å². The molecule has 0 aliphatic carbocycles. The fourth-order valence-corrected chi connectivity index (χ4v) is 11.9. The fourth-order valence-electron chi connectivity index (χ4n) is 11.9. The van der Waals surface area contributed by atoms with Gasteiger partial charge in [0.05, 0.1) is 16.7 Å². The first-order chi connectivity index (χ1) is 35.7. The van der Waals surface area contributed by atoms with Crippen molar-refractivity contribution in [2.24, 2.45) is 0 Å². The lowest BCUT2D eigenvalue weighted by molar-refractivity contribution is 0.487. The maximum atomic E-state index is 7.36. The van der Waals surface area contributed by atoms with E-state index in [4.69, 9.17) is 13.6 Å². The summed E-state index contributed by atoms with van der Waals surface area (Å²) >= 11 is 0. The van der Waals surface area contributed by atoms with Gasteiger partial charge in [0.25, 0.3) is 6.71 Å². The third-order valence-corrected chi connectivity index (χ3v) is 15.3. The molecule has 72 heavy (non-hydrogen) atoms. The van der Waals surface area contributed by atoms with Crippen LogP contribution in [0.5, 0.6) is 11.5 Å². The van der Waals surface area contributed by atoms with Gasteiger partial charge in [-0.15, -0.1) is 0 Å². The summed E-state index contributed by atoms with van der Waals surface area (Å²) in [5.41, 5.74) is 20.4. The fraction of sp³-hybridized carbons (Fsp3) is 0. The van der Waals surface area contributed by atoms with Crippen molar-refractivity contribution in [3.05, 3.63) is 237 Å². The zero-order valence-corrected chi connectivity index (χ0v) is 38.7. The molecule has 6 heteroatoms. The van der Waals surface area contributed by atoms with Crippen LogP contribution in [0.2, 0.25) is 0 Å². The minimum absolute atomic E-state index is 0.121. The minimum atomic E-state index is -0.121. The van der Waals surface area contributed by atoms with Crippen molar-refractivity contribution in [3.8, 4) is 50.6 Å². The number of fused-ring (bicyclic) bond motifs is 13. The molecule has 0 unspecified atom stereocenters. The molecule has 0 radical (unpaired) electrons. The molecule has 0 saturated carbocycles. The van der Waals surface area contributed by atoms with E-state index >= 15 is 0 Å². The number of aromatic nitrogens is 1. The van der Waals surface area contributed by atoms with Crippen LogP contribution in [0.1, 0.15) is 0 Å². The monoisotopic (exact) mass is 918 g/mol. The van der Waals surface area contributed by atoms with Crippen LogP contribution >= 0.6 is 0 Å². The number of benzene rings is 11. The topological polar surface area (TPSA) is 43.7 Å². The lowest BCUT2D eigenvalue weighted by Gasteiger charge is -2.40. The third-order valence-electron chi connectivity index (χ3n) is 15.3. The maximum absolute atomic E-state index is 7.36. The summed E-state index contributed by atoms with van der Waals surface area (Å²) in [7, 11) is 0. The second-order valence-corrected chi connectivity index (χ2v) is 19.2. The van der Waals surface area contributed by atoms with Crippen molar-refractivity contribution in [2.75, 3.05) is 4.90 Å². The van der Waals surface area contributed by atoms with Gasteiger partial charge in [-0.25, -0.2) is 0 Å². The van der Waals surface area contributed by atoms with Gasteiger partial charge in [0.15, 0.2) is 0 Å². The van der Waals surface area contributed by atoms with Crippen molar-refractivity contribution in [1.82, 2.24) is 4.57 Å². The molecule has 0 amide bonds. The van der Waals surface area contributed by atoms with Crippen molar-refractivity contribution in [2.45, 2.75) is 0 Å². The Morgan fingerprint density at radius 2 is 0.806 bits per heavy atom. The molecule has 5 nitrogen and oxygen atoms in total. The van der Waals surface area contributed by atoms with Gasteiger partial charge in [-0.1, -0.05) is 152 Å². The predicted octanol–water partition coefficient (Wildman–Crippen LogP) is 16.0. The van der Waals surface area contributed by atoms with Gasteiger partial charge in [-0.3, -0.25) is 0 Å². The van der Waals surface area contributed by atoms with Crippen LogP contribution in [0.15, 0.2) is 245 Å². The number of ether oxygens (including phenoxy) is 1. The number of para-hydroxylation sites is 4. The molecule has 5 heterocycles. The Morgan fingerprint density at radius 1 is 0.306 bits per heavy atom. The molecular formula is C66H39BN2O3. The molecule has 334 valence electrons. The largest absolute Gasteiger partial charge is 0.458 e. The third kappa shape index (κ3) is 5.78. The molecule has 0 bridgehead atoms. The summed E-state index contributed by atoms with van der Waals surface area (Å²) in [6, 6.07) is 85.2. The summed E-state index contributed by atoms with van der Waals surface area (Å²) in [6.45, 7) is -0.121. The number of furan rings is 2. The number of rotatable bonds is 5. The molecule has 2 aliphatic rings. The van der Waals surface area contributed by atoms with E-state index in [-0.39, 0.29) is 6.71 Å². The second kappa shape index (κ2) is 15.0. The van der Waals surface area contributed by atoms with Gasteiger partial charge < -0.3 is 23.0 Å². The molecule has 2 aliphatic heterocycles. The zero-order chi connectivity index (χ0) is 47.0. The van der Waals surface area contributed by atoms with E-state index in [1.807, 2.05) is 24.3 Å². The summed E-state index contributed by atoms with van der Waals surface area (Å²) in [4.78, 5) is 2.47. The van der Waals surface area contributed by atoms with Gasteiger partial charge in [-0.2, -0.15) is 0 Å². The van der Waals surface area contributed by atoms with Gasteiger partial charge >= 0.3 is 0 Å². The first-order valence-corrected chi connectivity index (χ1v) is 24.6. The molecule has 0 atom stereocenters. The summed E-state index contributed by atoms with van der Waals surface area (Å²) in [6.07, 6.45) is 0.